The first-order chi connectivity index (χ1) is 6.72. The first kappa shape index (κ1) is 9.53. The molecular weight excluding hydrogens is 200 g/mol. The molecule has 0 spiro atoms. The predicted octanol–water partition coefficient (Wildman–Crippen LogP) is 2.54. The highest BCUT2D eigenvalue weighted by Crippen LogP contribution is 2.35. The molecule has 0 heterocycles. The van der Waals surface area contributed by atoms with Gasteiger partial charge < -0.3 is 4.74 Å². The van der Waals surface area contributed by atoms with E-state index in [9.17, 15) is 4.79 Å². The van der Waals surface area contributed by atoms with Gasteiger partial charge in [0.2, 0.25) is 0 Å². The van der Waals surface area contributed by atoms with E-state index in [1.54, 1.807) is 0 Å². The molecule has 0 aliphatic heterocycles. The number of methoxy groups -OCH3 is 1. The second-order valence-corrected chi connectivity index (χ2v) is 3.89. The highest BCUT2D eigenvalue weighted by atomic mass is 35.5. The highest BCUT2D eigenvalue weighted by Gasteiger charge is 2.29. The maximum atomic E-state index is 11.4. The van der Waals surface area contributed by atoms with Crippen molar-refractivity contribution in [2.24, 2.45) is 0 Å². The van der Waals surface area contributed by atoms with E-state index >= 15 is 0 Å². The van der Waals surface area contributed by atoms with Crippen molar-refractivity contribution in [1.29, 1.82) is 0 Å². The SMILES string of the molecule is COC(=O)[C@@H]1CCc2ccc(Cl)cc21. The molecule has 74 valence electrons. The molecule has 1 aliphatic rings. The van der Waals surface area contributed by atoms with Crippen LogP contribution in [-0.2, 0) is 16.0 Å². The largest absolute Gasteiger partial charge is 0.469 e. The molecule has 0 fully saturated rings. The number of aryl methyl sites for hydroxylation is 1. The van der Waals surface area contributed by atoms with Crippen LogP contribution in [0.15, 0.2) is 18.2 Å². The van der Waals surface area contributed by atoms with Gasteiger partial charge in [0.15, 0.2) is 0 Å². The van der Waals surface area contributed by atoms with E-state index in [4.69, 9.17) is 16.3 Å². The number of hydrogen-bond acceptors (Lipinski definition) is 2. The summed E-state index contributed by atoms with van der Waals surface area (Å²) in [5, 5.41) is 0.680. The van der Waals surface area contributed by atoms with Crippen LogP contribution in [0.5, 0.6) is 0 Å². The standard InChI is InChI=1S/C11H11ClO2/c1-14-11(13)9-5-3-7-2-4-8(12)6-10(7)9/h2,4,6,9H,3,5H2,1H3/t9-/m1/s1. The summed E-state index contributed by atoms with van der Waals surface area (Å²) in [6, 6.07) is 5.71. The van der Waals surface area contributed by atoms with Gasteiger partial charge in [-0.2, -0.15) is 0 Å². The molecular formula is C11H11ClO2. The summed E-state index contributed by atoms with van der Waals surface area (Å²) in [5.41, 5.74) is 2.24. The van der Waals surface area contributed by atoms with Gasteiger partial charge >= 0.3 is 5.97 Å². The Hall–Kier alpha value is -1.02. The fourth-order valence-corrected chi connectivity index (χ4v) is 2.14. The highest BCUT2D eigenvalue weighted by molar-refractivity contribution is 6.30. The topological polar surface area (TPSA) is 26.3 Å². The molecule has 0 saturated carbocycles. The van der Waals surface area contributed by atoms with E-state index < -0.39 is 0 Å². The first-order valence-electron chi connectivity index (χ1n) is 4.58. The molecule has 0 unspecified atom stereocenters. The normalized spacial score (nSPS) is 19.1. The maximum Gasteiger partial charge on any atom is 0.313 e. The Bertz CT molecular complexity index is 374. The van der Waals surface area contributed by atoms with Crippen molar-refractivity contribution in [3.8, 4) is 0 Å². The molecule has 2 rings (SSSR count). The molecule has 1 aromatic rings. The molecule has 14 heavy (non-hydrogen) atoms. The maximum absolute atomic E-state index is 11.4. The van der Waals surface area contributed by atoms with Gasteiger partial charge in [0.25, 0.3) is 0 Å². The second kappa shape index (κ2) is 3.62. The number of esters is 1. The minimum atomic E-state index is -0.161. The third kappa shape index (κ3) is 1.50. The molecule has 1 aromatic carbocycles. The van der Waals surface area contributed by atoms with E-state index in [0.29, 0.717) is 5.02 Å². The van der Waals surface area contributed by atoms with E-state index in [1.165, 1.54) is 12.7 Å². The lowest BCUT2D eigenvalue weighted by Crippen LogP contribution is -2.11. The number of ether oxygens (including phenoxy) is 1. The van der Waals surface area contributed by atoms with Crippen molar-refractivity contribution in [2.45, 2.75) is 18.8 Å². The summed E-state index contributed by atoms with van der Waals surface area (Å²) in [5.74, 6) is -0.278. The van der Waals surface area contributed by atoms with Gasteiger partial charge in [0.05, 0.1) is 13.0 Å². The van der Waals surface area contributed by atoms with Crippen LogP contribution in [0.2, 0.25) is 5.02 Å². The van der Waals surface area contributed by atoms with Crippen molar-refractivity contribution < 1.29 is 9.53 Å². The van der Waals surface area contributed by atoms with Crippen LogP contribution in [0.25, 0.3) is 0 Å². The van der Waals surface area contributed by atoms with Crippen LogP contribution in [0, 0.1) is 0 Å². The first-order valence-corrected chi connectivity index (χ1v) is 4.96. The lowest BCUT2D eigenvalue weighted by molar-refractivity contribution is -0.142. The molecule has 0 bridgehead atoms. The van der Waals surface area contributed by atoms with E-state index in [0.717, 1.165) is 18.4 Å². The van der Waals surface area contributed by atoms with Gasteiger partial charge in [-0.3, -0.25) is 4.79 Å². The van der Waals surface area contributed by atoms with E-state index in [2.05, 4.69) is 0 Å². The monoisotopic (exact) mass is 210 g/mol. The number of halogens is 1. The third-order valence-corrected chi connectivity index (χ3v) is 2.91. The molecule has 0 amide bonds. The summed E-state index contributed by atoms with van der Waals surface area (Å²) >= 11 is 5.88. The van der Waals surface area contributed by atoms with Gasteiger partial charge in [-0.15, -0.1) is 0 Å². The Morgan fingerprint density at radius 1 is 1.57 bits per heavy atom. The second-order valence-electron chi connectivity index (χ2n) is 3.46. The molecule has 0 saturated heterocycles. The molecule has 0 radical (unpaired) electrons. The zero-order valence-electron chi connectivity index (χ0n) is 7.92. The number of carbonyl (C=O) groups is 1. The van der Waals surface area contributed by atoms with Crippen LogP contribution < -0.4 is 0 Å². The van der Waals surface area contributed by atoms with Crippen molar-refractivity contribution in [1.82, 2.24) is 0 Å². The number of hydrogen-bond donors (Lipinski definition) is 0. The van der Waals surface area contributed by atoms with Gasteiger partial charge in [-0.05, 0) is 36.1 Å². The fourth-order valence-electron chi connectivity index (χ4n) is 1.96. The van der Waals surface area contributed by atoms with Crippen molar-refractivity contribution in [3.05, 3.63) is 34.3 Å². The van der Waals surface area contributed by atoms with Crippen LogP contribution >= 0.6 is 11.6 Å². The summed E-state index contributed by atoms with van der Waals surface area (Å²) < 4.78 is 4.75. The lowest BCUT2D eigenvalue weighted by Gasteiger charge is -2.08. The summed E-state index contributed by atoms with van der Waals surface area (Å²) in [4.78, 5) is 11.4. The van der Waals surface area contributed by atoms with Gasteiger partial charge in [-0.1, -0.05) is 17.7 Å². The quantitative estimate of drug-likeness (QED) is 0.666. The zero-order valence-corrected chi connectivity index (χ0v) is 8.67. The summed E-state index contributed by atoms with van der Waals surface area (Å²) in [7, 11) is 1.42. The average Bonchev–Trinajstić information content (AvgIpc) is 2.59. The number of rotatable bonds is 1. The van der Waals surface area contributed by atoms with Gasteiger partial charge in [-0.25, -0.2) is 0 Å². The van der Waals surface area contributed by atoms with Crippen LogP contribution in [0.3, 0.4) is 0 Å². The van der Waals surface area contributed by atoms with Crippen molar-refractivity contribution >= 4 is 17.6 Å². The Kier molecular flexibility index (Phi) is 2.46. The van der Waals surface area contributed by atoms with E-state index in [1.807, 2.05) is 18.2 Å². The molecule has 1 atom stereocenters. The molecule has 3 heteroatoms. The minimum Gasteiger partial charge on any atom is -0.469 e. The average molecular weight is 211 g/mol. The zero-order chi connectivity index (χ0) is 10.1. The van der Waals surface area contributed by atoms with Crippen molar-refractivity contribution in [3.63, 3.8) is 0 Å². The summed E-state index contributed by atoms with van der Waals surface area (Å²) in [6.07, 6.45) is 1.77. The Morgan fingerprint density at radius 2 is 2.36 bits per heavy atom. The van der Waals surface area contributed by atoms with Gasteiger partial charge in [0, 0.05) is 5.02 Å². The number of benzene rings is 1. The number of fused-ring (bicyclic) bond motifs is 1. The predicted molar refractivity (Wildman–Crippen MR) is 54.5 cm³/mol. The Balaban J connectivity index is 2.38. The molecule has 1 aliphatic carbocycles. The number of carbonyl (C=O) groups excluding carboxylic acids is 1. The molecule has 0 N–H and O–H groups in total. The Morgan fingerprint density at radius 3 is 3.07 bits per heavy atom. The third-order valence-electron chi connectivity index (χ3n) is 2.67. The van der Waals surface area contributed by atoms with Crippen LogP contribution in [0.1, 0.15) is 23.5 Å². The Labute approximate surface area is 87.8 Å². The molecule has 2 nitrogen and oxygen atoms in total. The molecule has 0 aromatic heterocycles. The minimum absolute atomic E-state index is 0.117. The van der Waals surface area contributed by atoms with Crippen LogP contribution in [-0.4, -0.2) is 13.1 Å². The summed E-state index contributed by atoms with van der Waals surface area (Å²) in [6.45, 7) is 0. The lowest BCUT2D eigenvalue weighted by atomic mass is 10.0. The van der Waals surface area contributed by atoms with Crippen LogP contribution in [0.4, 0.5) is 0 Å². The smallest absolute Gasteiger partial charge is 0.313 e. The fraction of sp³-hybridized carbons (Fsp3) is 0.364. The van der Waals surface area contributed by atoms with Crippen molar-refractivity contribution in [2.75, 3.05) is 7.11 Å². The van der Waals surface area contributed by atoms with Gasteiger partial charge in [0.1, 0.15) is 0 Å². The van der Waals surface area contributed by atoms with E-state index in [-0.39, 0.29) is 11.9 Å².